The van der Waals surface area contributed by atoms with E-state index in [1.54, 1.807) is 24.3 Å². The second-order valence-corrected chi connectivity index (χ2v) is 6.12. The summed E-state index contributed by atoms with van der Waals surface area (Å²) in [5.74, 6) is -0.706. The number of amides is 1. The summed E-state index contributed by atoms with van der Waals surface area (Å²) in [6, 6.07) is 11.4. The molecule has 0 spiro atoms. The van der Waals surface area contributed by atoms with E-state index in [0.29, 0.717) is 17.0 Å². The molecule has 7 nitrogen and oxygen atoms in total. The first-order valence-corrected chi connectivity index (χ1v) is 9.01. The number of ether oxygens (including phenoxy) is 3. The van der Waals surface area contributed by atoms with Crippen LogP contribution < -0.4 is 10.1 Å². The molecule has 0 aromatic heterocycles. The monoisotopic (exact) mass is 445 g/mol. The van der Waals surface area contributed by atoms with E-state index in [4.69, 9.17) is 16.7 Å². The van der Waals surface area contributed by atoms with E-state index in [1.165, 1.54) is 26.4 Å². The zero-order valence-electron chi connectivity index (χ0n) is 16.4. The van der Waals surface area contributed by atoms with E-state index in [9.17, 15) is 18.4 Å². The zero-order chi connectivity index (χ0) is 22.5. The van der Waals surface area contributed by atoms with Gasteiger partial charge in [0.15, 0.2) is 0 Å². The molecule has 164 valence electrons. The van der Waals surface area contributed by atoms with Crippen molar-refractivity contribution < 1.29 is 37.7 Å². The Bertz CT molecular complexity index is 835. The molecule has 0 radical (unpaired) electrons. The van der Waals surface area contributed by atoms with Gasteiger partial charge in [0.05, 0.1) is 26.4 Å². The average molecular weight is 446 g/mol. The standard InChI is InChI=1S/C16H13ClF2O3.C4H9NO3/c1-21-15(20)12-6-11(8-14(9-12)22-16(18)19)5-10-3-2-4-13(17)7-10;1-8-4(7)5-2-3-6/h2-4,6-9,16H,5H2,1H3;6H,2-3H2,1H3,(H,5,7). The highest BCUT2D eigenvalue weighted by atomic mass is 35.5. The van der Waals surface area contributed by atoms with Gasteiger partial charge in [0.1, 0.15) is 5.75 Å². The number of carbonyl (C=O) groups is 2. The van der Waals surface area contributed by atoms with Crippen molar-refractivity contribution in [1.29, 1.82) is 0 Å². The quantitative estimate of drug-likeness (QED) is 0.632. The van der Waals surface area contributed by atoms with Crippen LogP contribution in [0.2, 0.25) is 5.02 Å². The van der Waals surface area contributed by atoms with Gasteiger partial charge < -0.3 is 24.6 Å². The van der Waals surface area contributed by atoms with Gasteiger partial charge in [-0.25, -0.2) is 9.59 Å². The van der Waals surface area contributed by atoms with Crippen LogP contribution in [0.4, 0.5) is 13.6 Å². The number of alkyl carbamates (subject to hydrolysis) is 1. The molecule has 2 aromatic rings. The van der Waals surface area contributed by atoms with Crippen LogP contribution >= 0.6 is 11.6 Å². The third-order valence-corrected chi connectivity index (χ3v) is 3.71. The molecule has 0 aliphatic heterocycles. The van der Waals surface area contributed by atoms with Crippen LogP contribution in [0, 0.1) is 0 Å². The van der Waals surface area contributed by atoms with Crippen LogP contribution in [0.3, 0.4) is 0 Å². The van der Waals surface area contributed by atoms with E-state index < -0.39 is 18.7 Å². The minimum absolute atomic E-state index is 0.0604. The number of hydrogen-bond donors (Lipinski definition) is 2. The number of nitrogens with one attached hydrogen (secondary N) is 1. The molecule has 0 aliphatic rings. The van der Waals surface area contributed by atoms with Gasteiger partial charge in [-0.05, 0) is 47.9 Å². The van der Waals surface area contributed by atoms with Crippen LogP contribution in [0.15, 0.2) is 42.5 Å². The van der Waals surface area contributed by atoms with E-state index in [2.05, 4.69) is 19.5 Å². The van der Waals surface area contributed by atoms with Gasteiger partial charge in [-0.3, -0.25) is 0 Å². The number of carbonyl (C=O) groups excluding carboxylic acids is 2. The molecule has 0 unspecified atom stereocenters. The molecule has 10 heteroatoms. The van der Waals surface area contributed by atoms with Crippen molar-refractivity contribution in [3.05, 3.63) is 64.2 Å². The van der Waals surface area contributed by atoms with Crippen LogP contribution in [-0.4, -0.2) is 51.2 Å². The second kappa shape index (κ2) is 13.3. The molecule has 0 bridgehead atoms. The highest BCUT2D eigenvalue weighted by molar-refractivity contribution is 6.30. The SMILES string of the molecule is COC(=O)NCCO.COC(=O)c1cc(Cc2cccc(Cl)c2)cc(OC(F)F)c1. The molecule has 2 aromatic carbocycles. The summed E-state index contributed by atoms with van der Waals surface area (Å²) in [5, 5.41) is 11.0. The predicted octanol–water partition coefficient (Wildman–Crippen LogP) is 3.65. The Morgan fingerprint density at radius 3 is 2.40 bits per heavy atom. The minimum atomic E-state index is -2.97. The lowest BCUT2D eigenvalue weighted by Gasteiger charge is -2.10. The number of esters is 1. The topological polar surface area (TPSA) is 94.1 Å². The largest absolute Gasteiger partial charge is 0.465 e. The molecule has 0 atom stereocenters. The van der Waals surface area contributed by atoms with Gasteiger partial charge in [0, 0.05) is 11.6 Å². The molecule has 0 heterocycles. The lowest BCUT2D eigenvalue weighted by atomic mass is 10.0. The van der Waals surface area contributed by atoms with Crippen molar-refractivity contribution in [3.8, 4) is 5.75 Å². The Kier molecular flexibility index (Phi) is 11.2. The number of hydrogen-bond acceptors (Lipinski definition) is 6. The number of alkyl halides is 2. The van der Waals surface area contributed by atoms with Gasteiger partial charge in [0.2, 0.25) is 0 Å². The Labute approximate surface area is 177 Å². The maximum Gasteiger partial charge on any atom is 0.406 e. The number of rotatable bonds is 7. The van der Waals surface area contributed by atoms with Crippen LogP contribution in [0.25, 0.3) is 0 Å². The fourth-order valence-corrected chi connectivity index (χ4v) is 2.50. The summed E-state index contributed by atoms with van der Waals surface area (Å²) in [7, 11) is 2.49. The molecule has 1 amide bonds. The predicted molar refractivity (Wildman–Crippen MR) is 106 cm³/mol. The van der Waals surface area contributed by atoms with Crippen molar-refractivity contribution in [1.82, 2.24) is 5.32 Å². The lowest BCUT2D eigenvalue weighted by molar-refractivity contribution is -0.0499. The van der Waals surface area contributed by atoms with Crippen LogP contribution in [-0.2, 0) is 15.9 Å². The maximum atomic E-state index is 12.4. The molecular formula is C20H22ClF2NO6. The van der Waals surface area contributed by atoms with Crippen molar-refractivity contribution in [2.75, 3.05) is 27.4 Å². The fraction of sp³-hybridized carbons (Fsp3) is 0.300. The molecule has 0 saturated carbocycles. The average Bonchev–Trinajstić information content (AvgIpc) is 2.71. The number of aliphatic hydroxyl groups excluding tert-OH is 1. The summed E-state index contributed by atoms with van der Waals surface area (Å²) >= 11 is 5.92. The first-order valence-electron chi connectivity index (χ1n) is 8.63. The Balaban J connectivity index is 0.000000479. The number of methoxy groups -OCH3 is 2. The van der Waals surface area contributed by atoms with E-state index in [-0.39, 0.29) is 24.5 Å². The maximum absolute atomic E-state index is 12.4. The Morgan fingerprint density at radius 1 is 1.10 bits per heavy atom. The van der Waals surface area contributed by atoms with Crippen LogP contribution in [0.5, 0.6) is 5.75 Å². The first kappa shape index (κ1) is 25.1. The highest BCUT2D eigenvalue weighted by Gasteiger charge is 2.13. The minimum Gasteiger partial charge on any atom is -0.465 e. The third kappa shape index (κ3) is 9.53. The lowest BCUT2D eigenvalue weighted by Crippen LogP contribution is -2.25. The molecule has 0 fully saturated rings. The van der Waals surface area contributed by atoms with E-state index >= 15 is 0 Å². The van der Waals surface area contributed by atoms with Gasteiger partial charge in [-0.15, -0.1) is 0 Å². The van der Waals surface area contributed by atoms with Gasteiger partial charge in [-0.1, -0.05) is 23.7 Å². The summed E-state index contributed by atoms with van der Waals surface area (Å²) < 4.78 is 38.0. The van der Waals surface area contributed by atoms with Gasteiger partial charge in [0.25, 0.3) is 0 Å². The summed E-state index contributed by atoms with van der Waals surface area (Å²) in [6.45, 7) is -2.78. The number of benzene rings is 2. The van der Waals surface area contributed by atoms with E-state index in [1.807, 2.05) is 6.07 Å². The van der Waals surface area contributed by atoms with Crippen molar-refractivity contribution in [2.45, 2.75) is 13.0 Å². The van der Waals surface area contributed by atoms with E-state index in [0.717, 1.165) is 5.56 Å². The van der Waals surface area contributed by atoms with Crippen molar-refractivity contribution in [3.63, 3.8) is 0 Å². The Morgan fingerprint density at radius 2 is 1.83 bits per heavy atom. The number of halogens is 3. The summed E-state index contributed by atoms with van der Waals surface area (Å²) in [6.07, 6.45) is -0.0931. The van der Waals surface area contributed by atoms with Crippen molar-refractivity contribution >= 4 is 23.7 Å². The van der Waals surface area contributed by atoms with Crippen LogP contribution in [0.1, 0.15) is 21.5 Å². The van der Waals surface area contributed by atoms with Crippen molar-refractivity contribution in [2.24, 2.45) is 0 Å². The number of aliphatic hydroxyl groups is 1. The molecular weight excluding hydrogens is 424 g/mol. The summed E-state index contributed by atoms with van der Waals surface area (Å²) in [4.78, 5) is 21.8. The smallest absolute Gasteiger partial charge is 0.406 e. The highest BCUT2D eigenvalue weighted by Crippen LogP contribution is 2.23. The third-order valence-electron chi connectivity index (χ3n) is 3.48. The molecule has 2 rings (SSSR count). The molecule has 30 heavy (non-hydrogen) atoms. The Hall–Kier alpha value is -2.91. The van der Waals surface area contributed by atoms with Gasteiger partial charge >= 0.3 is 18.7 Å². The molecule has 0 saturated heterocycles. The normalized spacial score (nSPS) is 9.97. The van der Waals surface area contributed by atoms with Gasteiger partial charge in [-0.2, -0.15) is 8.78 Å². The molecule has 0 aliphatic carbocycles. The second-order valence-electron chi connectivity index (χ2n) is 5.68. The molecule has 2 N–H and O–H groups in total. The summed E-state index contributed by atoms with van der Waals surface area (Å²) in [5.41, 5.74) is 1.68. The first-order chi connectivity index (χ1) is 14.3. The fourth-order valence-electron chi connectivity index (χ4n) is 2.28. The zero-order valence-corrected chi connectivity index (χ0v) is 17.1.